The van der Waals surface area contributed by atoms with Crippen LogP contribution in [0.15, 0.2) is 42.7 Å². The fourth-order valence-corrected chi connectivity index (χ4v) is 1.56. The number of benzene rings is 1. The van der Waals surface area contributed by atoms with Gasteiger partial charge in [0.1, 0.15) is 0 Å². The van der Waals surface area contributed by atoms with Crippen LogP contribution in [-0.2, 0) is 6.54 Å². The molecular weight excluding hydrogens is 218 g/mol. The molecule has 0 unspecified atom stereocenters. The molecule has 0 aliphatic rings. The van der Waals surface area contributed by atoms with Crippen molar-refractivity contribution in [2.24, 2.45) is 0 Å². The standard InChI is InChI=1S/C12H13N3O2/c16-12(17)10-4-1-2-5-11(10)13-7-9-15-8-3-6-14-15/h1-6,8,13H,7,9H2,(H,16,17). The Hall–Kier alpha value is -2.30. The van der Waals surface area contributed by atoms with Gasteiger partial charge in [0.25, 0.3) is 0 Å². The van der Waals surface area contributed by atoms with Gasteiger partial charge in [-0.1, -0.05) is 12.1 Å². The minimum atomic E-state index is -0.924. The Morgan fingerprint density at radius 3 is 2.88 bits per heavy atom. The summed E-state index contributed by atoms with van der Waals surface area (Å²) in [5, 5.41) is 16.1. The first-order valence-electron chi connectivity index (χ1n) is 5.31. The Bertz CT molecular complexity index is 494. The molecule has 1 aromatic heterocycles. The first-order valence-corrected chi connectivity index (χ1v) is 5.31. The molecule has 17 heavy (non-hydrogen) atoms. The molecule has 0 fully saturated rings. The molecule has 88 valence electrons. The van der Waals surface area contributed by atoms with E-state index in [0.29, 0.717) is 18.8 Å². The molecule has 0 bridgehead atoms. The molecule has 1 aromatic carbocycles. The van der Waals surface area contributed by atoms with Crippen molar-refractivity contribution >= 4 is 11.7 Å². The molecule has 0 spiro atoms. The second-order valence-electron chi connectivity index (χ2n) is 3.55. The molecule has 0 saturated heterocycles. The maximum Gasteiger partial charge on any atom is 0.337 e. The number of carboxylic acids is 1. The third kappa shape index (κ3) is 2.84. The lowest BCUT2D eigenvalue weighted by molar-refractivity contribution is 0.0698. The van der Waals surface area contributed by atoms with Crippen molar-refractivity contribution in [3.8, 4) is 0 Å². The van der Waals surface area contributed by atoms with Crippen LogP contribution >= 0.6 is 0 Å². The molecule has 2 N–H and O–H groups in total. The van der Waals surface area contributed by atoms with Gasteiger partial charge in [0.15, 0.2) is 0 Å². The summed E-state index contributed by atoms with van der Waals surface area (Å²) in [5.74, 6) is -0.924. The van der Waals surface area contributed by atoms with E-state index in [4.69, 9.17) is 5.11 Å². The maximum atomic E-state index is 11.0. The Labute approximate surface area is 98.7 Å². The number of aromatic carboxylic acids is 1. The summed E-state index contributed by atoms with van der Waals surface area (Å²) in [6.45, 7) is 1.33. The highest BCUT2D eigenvalue weighted by molar-refractivity contribution is 5.94. The van der Waals surface area contributed by atoms with Crippen LogP contribution in [0.5, 0.6) is 0 Å². The molecule has 2 rings (SSSR count). The second-order valence-corrected chi connectivity index (χ2v) is 3.55. The quantitative estimate of drug-likeness (QED) is 0.821. The van der Waals surface area contributed by atoms with Gasteiger partial charge in [-0.05, 0) is 18.2 Å². The molecule has 0 radical (unpaired) electrons. The van der Waals surface area contributed by atoms with Gasteiger partial charge in [-0.2, -0.15) is 5.10 Å². The zero-order valence-electron chi connectivity index (χ0n) is 9.21. The molecule has 0 atom stereocenters. The summed E-state index contributed by atoms with van der Waals surface area (Å²) in [7, 11) is 0. The number of para-hydroxylation sites is 1. The number of rotatable bonds is 5. The third-order valence-corrected chi connectivity index (χ3v) is 2.37. The lowest BCUT2D eigenvalue weighted by atomic mass is 10.2. The van der Waals surface area contributed by atoms with Crippen molar-refractivity contribution < 1.29 is 9.90 Å². The van der Waals surface area contributed by atoms with Crippen LogP contribution in [0.1, 0.15) is 10.4 Å². The van der Waals surface area contributed by atoms with Crippen LogP contribution in [-0.4, -0.2) is 27.4 Å². The number of hydrogen-bond donors (Lipinski definition) is 2. The topological polar surface area (TPSA) is 67.2 Å². The van der Waals surface area contributed by atoms with E-state index in [1.807, 2.05) is 18.3 Å². The van der Waals surface area contributed by atoms with E-state index in [1.54, 1.807) is 29.1 Å². The van der Waals surface area contributed by atoms with Crippen LogP contribution in [0.3, 0.4) is 0 Å². The number of anilines is 1. The summed E-state index contributed by atoms with van der Waals surface area (Å²) < 4.78 is 1.79. The number of carbonyl (C=O) groups is 1. The minimum Gasteiger partial charge on any atom is -0.478 e. The first kappa shape index (κ1) is 11.2. The molecule has 0 saturated carbocycles. The molecule has 0 aliphatic heterocycles. The first-order chi connectivity index (χ1) is 8.27. The molecule has 0 amide bonds. The fraction of sp³-hybridized carbons (Fsp3) is 0.167. The summed E-state index contributed by atoms with van der Waals surface area (Å²) in [5.41, 5.74) is 0.917. The van der Waals surface area contributed by atoms with Crippen LogP contribution in [0.25, 0.3) is 0 Å². The summed E-state index contributed by atoms with van der Waals surface area (Å²) in [6, 6.07) is 8.71. The number of carboxylic acid groups (broad SMARTS) is 1. The van der Waals surface area contributed by atoms with Crippen molar-refractivity contribution in [3.63, 3.8) is 0 Å². The van der Waals surface area contributed by atoms with E-state index in [2.05, 4.69) is 10.4 Å². The summed E-state index contributed by atoms with van der Waals surface area (Å²) in [4.78, 5) is 11.0. The van der Waals surface area contributed by atoms with Crippen molar-refractivity contribution in [3.05, 3.63) is 48.3 Å². The molecule has 5 heteroatoms. The average Bonchev–Trinajstić information content (AvgIpc) is 2.82. The summed E-state index contributed by atoms with van der Waals surface area (Å²) in [6.07, 6.45) is 3.58. The Morgan fingerprint density at radius 2 is 2.18 bits per heavy atom. The van der Waals surface area contributed by atoms with Crippen LogP contribution < -0.4 is 5.32 Å². The monoisotopic (exact) mass is 231 g/mol. The van der Waals surface area contributed by atoms with E-state index in [-0.39, 0.29) is 5.56 Å². The van der Waals surface area contributed by atoms with Crippen molar-refractivity contribution in [1.29, 1.82) is 0 Å². The molecular formula is C12H13N3O2. The highest BCUT2D eigenvalue weighted by atomic mass is 16.4. The Morgan fingerprint density at radius 1 is 1.35 bits per heavy atom. The average molecular weight is 231 g/mol. The lowest BCUT2D eigenvalue weighted by Gasteiger charge is -2.09. The largest absolute Gasteiger partial charge is 0.478 e. The predicted molar refractivity (Wildman–Crippen MR) is 64.1 cm³/mol. The smallest absolute Gasteiger partial charge is 0.337 e. The van der Waals surface area contributed by atoms with E-state index >= 15 is 0 Å². The van der Waals surface area contributed by atoms with Gasteiger partial charge in [-0.15, -0.1) is 0 Å². The fourth-order valence-electron chi connectivity index (χ4n) is 1.56. The van der Waals surface area contributed by atoms with Crippen molar-refractivity contribution in [1.82, 2.24) is 9.78 Å². The zero-order valence-corrected chi connectivity index (χ0v) is 9.21. The van der Waals surface area contributed by atoms with Gasteiger partial charge in [-0.25, -0.2) is 4.79 Å². The van der Waals surface area contributed by atoms with Gasteiger partial charge in [0, 0.05) is 24.6 Å². The van der Waals surface area contributed by atoms with Gasteiger partial charge in [-0.3, -0.25) is 4.68 Å². The van der Waals surface area contributed by atoms with E-state index in [9.17, 15) is 4.79 Å². The predicted octanol–water partition coefficient (Wildman–Crippen LogP) is 1.69. The minimum absolute atomic E-state index is 0.285. The third-order valence-electron chi connectivity index (χ3n) is 2.37. The summed E-state index contributed by atoms with van der Waals surface area (Å²) >= 11 is 0. The number of hydrogen-bond acceptors (Lipinski definition) is 3. The molecule has 1 heterocycles. The lowest BCUT2D eigenvalue weighted by Crippen LogP contribution is -2.13. The normalized spacial score (nSPS) is 10.1. The number of nitrogens with zero attached hydrogens (tertiary/aromatic N) is 2. The van der Waals surface area contributed by atoms with Crippen LogP contribution in [0.4, 0.5) is 5.69 Å². The van der Waals surface area contributed by atoms with Gasteiger partial charge >= 0.3 is 5.97 Å². The van der Waals surface area contributed by atoms with Crippen molar-refractivity contribution in [2.45, 2.75) is 6.54 Å². The highest BCUT2D eigenvalue weighted by Gasteiger charge is 2.07. The Kier molecular flexibility index (Phi) is 3.40. The van der Waals surface area contributed by atoms with E-state index in [0.717, 1.165) is 0 Å². The van der Waals surface area contributed by atoms with Crippen LogP contribution in [0, 0.1) is 0 Å². The maximum absolute atomic E-state index is 11.0. The second kappa shape index (κ2) is 5.16. The molecule has 2 aromatic rings. The van der Waals surface area contributed by atoms with Gasteiger partial charge in [0.05, 0.1) is 12.1 Å². The molecule has 5 nitrogen and oxygen atoms in total. The number of nitrogens with one attached hydrogen (secondary N) is 1. The zero-order chi connectivity index (χ0) is 12.1. The van der Waals surface area contributed by atoms with E-state index in [1.165, 1.54) is 0 Å². The van der Waals surface area contributed by atoms with Gasteiger partial charge in [0.2, 0.25) is 0 Å². The number of aromatic nitrogens is 2. The Balaban J connectivity index is 1.97. The van der Waals surface area contributed by atoms with Gasteiger partial charge < -0.3 is 10.4 Å². The van der Waals surface area contributed by atoms with Crippen molar-refractivity contribution in [2.75, 3.05) is 11.9 Å². The van der Waals surface area contributed by atoms with Crippen LogP contribution in [0.2, 0.25) is 0 Å². The van der Waals surface area contributed by atoms with E-state index < -0.39 is 5.97 Å². The molecule has 0 aliphatic carbocycles. The SMILES string of the molecule is O=C(O)c1ccccc1NCCn1cccn1. The highest BCUT2D eigenvalue weighted by Crippen LogP contribution is 2.14.